The van der Waals surface area contributed by atoms with Crippen molar-refractivity contribution < 1.29 is 17.9 Å². The van der Waals surface area contributed by atoms with Gasteiger partial charge in [0.15, 0.2) is 5.52 Å². The lowest BCUT2D eigenvalue weighted by atomic mass is 10.1. The van der Waals surface area contributed by atoms with Crippen LogP contribution < -0.4 is 10.5 Å². The first kappa shape index (κ1) is 14.0. The lowest BCUT2D eigenvalue weighted by Crippen LogP contribution is -2.05. The molecule has 0 saturated carbocycles. The van der Waals surface area contributed by atoms with E-state index in [0.29, 0.717) is 11.1 Å². The number of nitrogens with zero attached hydrogens (tertiary/aromatic N) is 4. The Morgan fingerprint density at radius 1 is 1.09 bits per heavy atom. The minimum atomic E-state index is -4.37. The first-order valence-corrected chi connectivity index (χ1v) is 6.06. The summed E-state index contributed by atoms with van der Waals surface area (Å²) in [5.74, 6) is 0.0694. The van der Waals surface area contributed by atoms with E-state index in [1.807, 2.05) is 0 Å². The zero-order chi connectivity index (χ0) is 15.7. The summed E-state index contributed by atoms with van der Waals surface area (Å²) < 4.78 is 42.9. The largest absolute Gasteiger partial charge is 0.471 e. The molecular weight excluding hydrogens is 301 g/mol. The van der Waals surface area contributed by atoms with Crippen molar-refractivity contribution >= 4 is 17.1 Å². The van der Waals surface area contributed by atoms with Crippen molar-refractivity contribution in [1.29, 1.82) is 0 Å². The van der Waals surface area contributed by atoms with Crippen LogP contribution in [0.3, 0.4) is 0 Å². The Bertz CT molecular complexity index is 799. The molecule has 114 valence electrons. The van der Waals surface area contributed by atoms with Gasteiger partial charge in [-0.1, -0.05) is 12.1 Å². The number of alkyl halides is 3. The van der Waals surface area contributed by atoms with Crippen molar-refractivity contribution in [2.75, 3.05) is 5.73 Å². The van der Waals surface area contributed by atoms with Crippen LogP contribution in [-0.4, -0.2) is 25.4 Å². The number of fused-ring (bicyclic) bond motifs is 1. The molecule has 0 fully saturated rings. The third-order valence-corrected chi connectivity index (χ3v) is 2.83. The second-order valence-electron chi connectivity index (χ2n) is 4.37. The molecule has 22 heavy (non-hydrogen) atoms. The van der Waals surface area contributed by atoms with Gasteiger partial charge in [-0.15, -0.1) is 10.2 Å². The number of benzene rings is 1. The summed E-state index contributed by atoms with van der Waals surface area (Å²) in [6.45, 7) is 0.0105. The van der Waals surface area contributed by atoms with Crippen LogP contribution >= 0.6 is 0 Å². The van der Waals surface area contributed by atoms with Crippen LogP contribution in [0.2, 0.25) is 0 Å². The van der Waals surface area contributed by atoms with E-state index < -0.39 is 11.7 Å². The highest BCUT2D eigenvalue weighted by Crippen LogP contribution is 2.29. The van der Waals surface area contributed by atoms with Gasteiger partial charge in [0.25, 0.3) is 0 Å². The first-order chi connectivity index (χ1) is 10.4. The standard InChI is InChI=1S/C12H9F3N6O/c13-12(14,15)7-3-1-6(2-4-7)5-22-10-8-9(20-21-19-8)17-11(16)18-10/h1-4H,5H2,(H3,16,17,18,19,20,21). The van der Waals surface area contributed by atoms with Gasteiger partial charge in [0, 0.05) is 0 Å². The maximum atomic E-state index is 12.5. The third kappa shape index (κ3) is 2.75. The van der Waals surface area contributed by atoms with Crippen molar-refractivity contribution in [3.63, 3.8) is 0 Å². The second-order valence-corrected chi connectivity index (χ2v) is 4.37. The quantitative estimate of drug-likeness (QED) is 0.766. The summed E-state index contributed by atoms with van der Waals surface area (Å²) >= 11 is 0. The summed E-state index contributed by atoms with van der Waals surface area (Å²) in [6, 6.07) is 4.62. The fraction of sp³-hybridized carbons (Fsp3) is 0.167. The Morgan fingerprint density at radius 2 is 1.82 bits per heavy atom. The topological polar surface area (TPSA) is 103 Å². The minimum absolute atomic E-state index is 0.0105. The molecule has 0 aliphatic carbocycles. The Labute approximate surface area is 121 Å². The Balaban J connectivity index is 1.78. The van der Waals surface area contributed by atoms with Crippen LogP contribution in [0, 0.1) is 0 Å². The van der Waals surface area contributed by atoms with Gasteiger partial charge in [-0.25, -0.2) is 0 Å². The van der Waals surface area contributed by atoms with E-state index >= 15 is 0 Å². The lowest BCUT2D eigenvalue weighted by Gasteiger charge is -2.08. The highest BCUT2D eigenvalue weighted by molar-refractivity contribution is 5.75. The van der Waals surface area contributed by atoms with Gasteiger partial charge in [0.2, 0.25) is 17.5 Å². The molecule has 1 aromatic carbocycles. The summed E-state index contributed by atoms with van der Waals surface area (Å²) in [7, 11) is 0. The van der Waals surface area contributed by atoms with E-state index in [-0.39, 0.29) is 24.1 Å². The predicted octanol–water partition coefficient (Wildman–Crippen LogP) is 1.93. The average Bonchev–Trinajstić information content (AvgIpc) is 2.92. The maximum Gasteiger partial charge on any atom is 0.416 e. The van der Waals surface area contributed by atoms with Gasteiger partial charge in [-0.2, -0.15) is 28.4 Å². The molecule has 7 nitrogen and oxygen atoms in total. The molecule has 3 aromatic rings. The SMILES string of the molecule is Nc1nc(OCc2ccc(C(F)(F)F)cc2)c2n[nH]nc2n1. The molecule has 0 radical (unpaired) electrons. The number of nitrogen functional groups attached to an aromatic ring is 1. The zero-order valence-corrected chi connectivity index (χ0v) is 10.9. The second kappa shape index (κ2) is 5.13. The monoisotopic (exact) mass is 310 g/mol. The smallest absolute Gasteiger partial charge is 0.416 e. The average molecular weight is 310 g/mol. The van der Waals surface area contributed by atoms with Crippen molar-refractivity contribution in [1.82, 2.24) is 25.4 Å². The number of H-pyrrole nitrogens is 1. The van der Waals surface area contributed by atoms with Crippen LogP contribution in [-0.2, 0) is 12.8 Å². The Hall–Kier alpha value is -2.91. The third-order valence-electron chi connectivity index (χ3n) is 2.83. The molecule has 0 aliphatic rings. The van der Waals surface area contributed by atoms with E-state index in [0.717, 1.165) is 12.1 Å². The normalized spacial score (nSPS) is 11.8. The minimum Gasteiger partial charge on any atom is -0.471 e. The summed E-state index contributed by atoms with van der Waals surface area (Å²) in [5.41, 5.74) is 5.87. The van der Waals surface area contributed by atoms with Crippen LogP contribution in [0.1, 0.15) is 11.1 Å². The summed E-state index contributed by atoms with van der Waals surface area (Å²) in [5, 5.41) is 9.95. The first-order valence-electron chi connectivity index (χ1n) is 6.06. The molecule has 10 heteroatoms. The molecule has 0 aliphatic heterocycles. The lowest BCUT2D eigenvalue weighted by molar-refractivity contribution is -0.137. The molecule has 0 unspecified atom stereocenters. The van der Waals surface area contributed by atoms with Gasteiger partial charge in [-0.05, 0) is 17.7 Å². The number of aromatic amines is 1. The Morgan fingerprint density at radius 3 is 2.50 bits per heavy atom. The molecular formula is C12H9F3N6O. The number of rotatable bonds is 3. The number of anilines is 1. The highest BCUT2D eigenvalue weighted by atomic mass is 19.4. The summed E-state index contributed by atoms with van der Waals surface area (Å²) in [4.78, 5) is 7.73. The molecule has 2 heterocycles. The van der Waals surface area contributed by atoms with E-state index in [2.05, 4.69) is 25.4 Å². The molecule has 3 rings (SSSR count). The number of aromatic nitrogens is 5. The van der Waals surface area contributed by atoms with Crippen molar-refractivity contribution in [2.24, 2.45) is 0 Å². The van der Waals surface area contributed by atoms with E-state index in [9.17, 15) is 13.2 Å². The van der Waals surface area contributed by atoms with Gasteiger partial charge in [0.1, 0.15) is 6.61 Å². The van der Waals surface area contributed by atoms with Gasteiger partial charge in [-0.3, -0.25) is 0 Å². The van der Waals surface area contributed by atoms with E-state index in [1.54, 1.807) is 0 Å². The highest BCUT2D eigenvalue weighted by Gasteiger charge is 2.29. The Kier molecular flexibility index (Phi) is 3.28. The van der Waals surface area contributed by atoms with E-state index in [4.69, 9.17) is 10.5 Å². The van der Waals surface area contributed by atoms with Crippen LogP contribution in [0.25, 0.3) is 11.2 Å². The van der Waals surface area contributed by atoms with E-state index in [1.165, 1.54) is 12.1 Å². The van der Waals surface area contributed by atoms with Gasteiger partial charge < -0.3 is 10.5 Å². The molecule has 0 spiro atoms. The number of hydrogen-bond acceptors (Lipinski definition) is 6. The zero-order valence-electron chi connectivity index (χ0n) is 10.9. The van der Waals surface area contributed by atoms with Crippen LogP contribution in [0.4, 0.5) is 19.1 Å². The number of ether oxygens (including phenoxy) is 1. The number of nitrogens with two attached hydrogens (primary N) is 1. The maximum absolute atomic E-state index is 12.5. The number of nitrogens with one attached hydrogen (secondary N) is 1. The van der Waals surface area contributed by atoms with Crippen LogP contribution in [0.5, 0.6) is 5.88 Å². The molecule has 0 bridgehead atoms. The predicted molar refractivity (Wildman–Crippen MR) is 69.7 cm³/mol. The summed E-state index contributed by atoms with van der Waals surface area (Å²) in [6.07, 6.45) is -4.37. The molecule has 0 saturated heterocycles. The molecule has 3 N–H and O–H groups in total. The molecule has 2 aromatic heterocycles. The van der Waals surface area contributed by atoms with Crippen molar-refractivity contribution in [3.8, 4) is 5.88 Å². The van der Waals surface area contributed by atoms with Crippen molar-refractivity contribution in [2.45, 2.75) is 12.8 Å². The van der Waals surface area contributed by atoms with Crippen molar-refractivity contribution in [3.05, 3.63) is 35.4 Å². The number of hydrogen-bond donors (Lipinski definition) is 2. The molecule has 0 atom stereocenters. The fourth-order valence-corrected chi connectivity index (χ4v) is 1.78. The molecule has 0 amide bonds. The number of halogens is 3. The van der Waals surface area contributed by atoms with Gasteiger partial charge in [0.05, 0.1) is 5.56 Å². The van der Waals surface area contributed by atoms with Gasteiger partial charge >= 0.3 is 6.18 Å². The fourth-order valence-electron chi connectivity index (χ4n) is 1.78. The van der Waals surface area contributed by atoms with Crippen LogP contribution in [0.15, 0.2) is 24.3 Å².